The third-order valence-electron chi connectivity index (χ3n) is 13.1. The van der Waals surface area contributed by atoms with Gasteiger partial charge in [-0.2, -0.15) is 0 Å². The van der Waals surface area contributed by atoms with E-state index in [9.17, 15) is 19.5 Å². The first-order valence-corrected chi connectivity index (χ1v) is 30.8. The van der Waals surface area contributed by atoms with Crippen LogP contribution in [-0.4, -0.2) is 87.4 Å². The standard InChI is InChI=1S/C66H115NO8/c1-6-8-10-12-14-16-18-20-22-24-26-27-28-29-30-31-32-33-34-35-36-37-39-41-43-45-47-49-51-53-55-57-64(69)75-62(61-74-66(65(70)71)72-59-58-67(3,4)5)60-73-63(68)56-54-52-50-48-46-44-42-40-38-25-23-21-19-17-15-13-11-9-7-2/h8,10,14-17,20-23,26-27,38,40,62,66H,6-7,9,11-13,18-19,24-25,28-37,39,41-61H2,1-5H3/p+1/b10-8-,16-14-,17-15-,22-20-,23-21-,27-26-,40-38-. The van der Waals surface area contributed by atoms with E-state index in [4.69, 9.17) is 18.9 Å². The van der Waals surface area contributed by atoms with E-state index >= 15 is 0 Å². The van der Waals surface area contributed by atoms with Crippen LogP contribution >= 0.6 is 0 Å². The van der Waals surface area contributed by atoms with E-state index in [1.165, 1.54) is 141 Å². The molecule has 0 aromatic heterocycles. The molecule has 0 bridgehead atoms. The van der Waals surface area contributed by atoms with Gasteiger partial charge in [0.25, 0.3) is 6.29 Å². The molecule has 1 N–H and O–H groups in total. The number of carbonyl (C=O) groups is 3. The number of allylic oxidation sites excluding steroid dienone is 14. The fraction of sp³-hybridized carbons (Fsp3) is 0.742. The minimum atomic E-state index is -1.52. The first kappa shape index (κ1) is 71.5. The number of ether oxygens (including phenoxy) is 4. The summed E-state index contributed by atoms with van der Waals surface area (Å²) in [5, 5.41) is 9.71. The summed E-state index contributed by atoms with van der Waals surface area (Å²) in [7, 11) is 5.97. The Morgan fingerprint density at radius 2 is 0.760 bits per heavy atom. The number of hydrogen-bond acceptors (Lipinski definition) is 7. The van der Waals surface area contributed by atoms with Gasteiger partial charge in [0.2, 0.25) is 0 Å². The van der Waals surface area contributed by atoms with E-state index in [1.807, 2.05) is 21.1 Å². The molecule has 0 aromatic carbocycles. The van der Waals surface area contributed by atoms with Crippen LogP contribution in [-0.2, 0) is 33.3 Å². The highest BCUT2D eigenvalue weighted by Gasteiger charge is 2.25. The topological polar surface area (TPSA) is 108 Å². The molecule has 0 saturated heterocycles. The van der Waals surface area contributed by atoms with Crippen molar-refractivity contribution in [2.45, 2.75) is 270 Å². The Balaban J connectivity index is 4.17. The van der Waals surface area contributed by atoms with E-state index in [0.717, 1.165) is 89.9 Å². The molecule has 9 heteroatoms. The van der Waals surface area contributed by atoms with Gasteiger partial charge in [0.05, 0.1) is 34.4 Å². The molecule has 2 atom stereocenters. The number of quaternary nitrogens is 1. The van der Waals surface area contributed by atoms with Crippen LogP contribution in [0.3, 0.4) is 0 Å². The number of carbonyl (C=O) groups excluding carboxylic acids is 2. The molecule has 0 heterocycles. The van der Waals surface area contributed by atoms with Gasteiger partial charge in [0, 0.05) is 12.8 Å². The molecule has 0 saturated carbocycles. The molecule has 0 radical (unpaired) electrons. The zero-order valence-corrected chi connectivity index (χ0v) is 49.2. The molecule has 0 aromatic rings. The van der Waals surface area contributed by atoms with Crippen molar-refractivity contribution < 1.29 is 42.9 Å². The highest BCUT2D eigenvalue weighted by Crippen LogP contribution is 2.16. The van der Waals surface area contributed by atoms with Crippen molar-refractivity contribution in [2.75, 3.05) is 47.5 Å². The summed E-state index contributed by atoms with van der Waals surface area (Å²) in [6.45, 7) is 4.74. The Morgan fingerprint density at radius 1 is 0.413 bits per heavy atom. The van der Waals surface area contributed by atoms with Gasteiger partial charge in [-0.25, -0.2) is 4.79 Å². The van der Waals surface area contributed by atoms with Crippen LogP contribution in [0.1, 0.15) is 258 Å². The average Bonchev–Trinajstić information content (AvgIpc) is 3.38. The summed E-state index contributed by atoms with van der Waals surface area (Å²) in [5.41, 5.74) is 0. The highest BCUT2D eigenvalue weighted by atomic mass is 16.7. The van der Waals surface area contributed by atoms with Crippen molar-refractivity contribution >= 4 is 17.9 Å². The van der Waals surface area contributed by atoms with E-state index in [2.05, 4.69) is 98.9 Å². The lowest BCUT2D eigenvalue weighted by Gasteiger charge is -2.25. The van der Waals surface area contributed by atoms with Crippen molar-refractivity contribution in [1.29, 1.82) is 0 Å². The molecule has 0 fully saturated rings. The maximum atomic E-state index is 12.9. The normalized spacial score (nSPS) is 13.3. The number of likely N-dealkylation sites (N-methyl/N-ethyl adjacent to an activating group) is 1. The molecule has 2 unspecified atom stereocenters. The predicted octanol–water partition coefficient (Wildman–Crippen LogP) is 18.3. The molecule has 75 heavy (non-hydrogen) atoms. The number of unbranched alkanes of at least 4 members (excludes halogenated alkanes) is 27. The van der Waals surface area contributed by atoms with Crippen LogP contribution in [0.5, 0.6) is 0 Å². The van der Waals surface area contributed by atoms with Crippen LogP contribution in [0.2, 0.25) is 0 Å². The fourth-order valence-corrected chi connectivity index (χ4v) is 8.42. The number of carboxylic acid groups (broad SMARTS) is 1. The Kier molecular flexibility index (Phi) is 54.0. The lowest BCUT2D eigenvalue weighted by molar-refractivity contribution is -0.870. The molecule has 0 aliphatic rings. The first-order valence-electron chi connectivity index (χ1n) is 30.8. The number of rotatable bonds is 56. The summed E-state index contributed by atoms with van der Waals surface area (Å²) >= 11 is 0. The molecule has 0 amide bonds. The lowest BCUT2D eigenvalue weighted by Crippen LogP contribution is -2.40. The molecular weight excluding hydrogens is 935 g/mol. The summed E-state index contributed by atoms with van der Waals surface area (Å²) in [4.78, 5) is 37.5. The zero-order valence-electron chi connectivity index (χ0n) is 49.2. The maximum Gasteiger partial charge on any atom is 0.361 e. The van der Waals surface area contributed by atoms with Gasteiger partial charge in [-0.15, -0.1) is 0 Å². The van der Waals surface area contributed by atoms with Crippen LogP contribution < -0.4 is 0 Å². The van der Waals surface area contributed by atoms with Crippen LogP contribution in [0.15, 0.2) is 85.1 Å². The molecule has 9 nitrogen and oxygen atoms in total. The molecule has 0 rings (SSSR count). The molecule has 0 aliphatic heterocycles. The summed E-state index contributed by atoms with van der Waals surface area (Å²) in [6.07, 6.45) is 72.4. The van der Waals surface area contributed by atoms with E-state index in [0.29, 0.717) is 11.0 Å². The Labute approximate surface area is 461 Å². The van der Waals surface area contributed by atoms with Gasteiger partial charge < -0.3 is 28.5 Å². The number of nitrogens with zero attached hydrogens (tertiary/aromatic N) is 1. The van der Waals surface area contributed by atoms with Crippen LogP contribution in [0.4, 0.5) is 0 Å². The second kappa shape index (κ2) is 56.7. The second-order valence-electron chi connectivity index (χ2n) is 21.6. The van der Waals surface area contributed by atoms with Gasteiger partial charge >= 0.3 is 17.9 Å². The van der Waals surface area contributed by atoms with Gasteiger partial charge in [0.1, 0.15) is 13.2 Å². The minimum absolute atomic E-state index is 0.183. The van der Waals surface area contributed by atoms with Crippen molar-refractivity contribution in [3.05, 3.63) is 85.1 Å². The number of aliphatic carboxylic acids is 1. The van der Waals surface area contributed by atoms with E-state index in [-0.39, 0.29) is 38.6 Å². The third kappa shape index (κ3) is 58.0. The predicted molar refractivity (Wildman–Crippen MR) is 318 cm³/mol. The average molecular weight is 1050 g/mol. The summed E-state index contributed by atoms with van der Waals surface area (Å²) < 4.78 is 22.9. The van der Waals surface area contributed by atoms with Crippen molar-refractivity contribution in [2.24, 2.45) is 0 Å². The molecule has 0 spiro atoms. The summed E-state index contributed by atoms with van der Waals surface area (Å²) in [6, 6.07) is 0. The monoisotopic (exact) mass is 1050 g/mol. The molecular formula is C66H116NO8+. The smallest absolute Gasteiger partial charge is 0.361 e. The highest BCUT2D eigenvalue weighted by molar-refractivity contribution is 5.71. The summed E-state index contributed by atoms with van der Waals surface area (Å²) in [5.74, 6) is -2.02. The SMILES string of the molecule is CC/C=C\C/C=C\C/C=C\C/C=C\CCCCCCCCCCCCCCCCCCCCC(=O)OC(COC(=O)CCCCCCCC/C=C\C/C=C\C/C=C\CCCCC)COC(OCC[N+](C)(C)C)C(=O)O. The van der Waals surface area contributed by atoms with Gasteiger partial charge in [-0.3, -0.25) is 9.59 Å². The zero-order chi connectivity index (χ0) is 54.8. The van der Waals surface area contributed by atoms with Gasteiger partial charge in [0.15, 0.2) is 6.10 Å². The number of esters is 2. The van der Waals surface area contributed by atoms with Crippen LogP contribution in [0.25, 0.3) is 0 Å². The van der Waals surface area contributed by atoms with Crippen LogP contribution in [0, 0.1) is 0 Å². The minimum Gasteiger partial charge on any atom is -0.477 e. The van der Waals surface area contributed by atoms with Crippen molar-refractivity contribution in [3.63, 3.8) is 0 Å². The fourth-order valence-electron chi connectivity index (χ4n) is 8.42. The molecule has 432 valence electrons. The first-order chi connectivity index (χ1) is 36.6. The van der Waals surface area contributed by atoms with E-state index < -0.39 is 24.3 Å². The van der Waals surface area contributed by atoms with Crippen molar-refractivity contribution in [1.82, 2.24) is 0 Å². The Morgan fingerprint density at radius 3 is 1.13 bits per heavy atom. The van der Waals surface area contributed by atoms with Crippen molar-refractivity contribution in [3.8, 4) is 0 Å². The number of hydrogen-bond donors (Lipinski definition) is 1. The quantitative estimate of drug-likeness (QED) is 0.0211. The third-order valence-corrected chi connectivity index (χ3v) is 13.1. The molecule has 0 aliphatic carbocycles. The Bertz CT molecular complexity index is 1500. The Hall–Kier alpha value is -3.53. The van der Waals surface area contributed by atoms with Gasteiger partial charge in [-0.05, 0) is 89.9 Å². The van der Waals surface area contributed by atoms with Gasteiger partial charge in [-0.1, -0.05) is 240 Å². The largest absolute Gasteiger partial charge is 0.477 e. The number of carboxylic acids is 1. The lowest BCUT2D eigenvalue weighted by atomic mass is 10.0. The second-order valence-corrected chi connectivity index (χ2v) is 21.6. The van der Waals surface area contributed by atoms with E-state index in [1.54, 1.807) is 0 Å². The maximum absolute atomic E-state index is 12.9.